The second-order valence-electron chi connectivity index (χ2n) is 15.3. The molecule has 0 N–H and O–H groups in total. The van der Waals surface area contributed by atoms with Gasteiger partial charge in [-0.2, -0.15) is 0 Å². The van der Waals surface area contributed by atoms with Crippen LogP contribution < -0.4 is 4.90 Å². The Morgan fingerprint density at radius 3 is 1.64 bits per heavy atom. The molecule has 0 amide bonds. The van der Waals surface area contributed by atoms with Gasteiger partial charge in [0, 0.05) is 38.5 Å². The largest absolute Gasteiger partial charge is 0.455 e. The van der Waals surface area contributed by atoms with Gasteiger partial charge in [-0.05, 0) is 104 Å². The van der Waals surface area contributed by atoms with Crippen molar-refractivity contribution >= 4 is 82.5 Å². The highest BCUT2D eigenvalue weighted by Gasteiger charge is 2.20. The standard InChI is InChI=1S/C56H35NO2/c1-2-10-38(11-3-1)47-15-8-16-50-51-35-41(27-33-54(51)58-55(47)50)37-24-30-44(31-25-37)57(52-18-9-17-49-48-14-6-7-19-53(48)59-56(49)52)43-28-22-36(23-29-43)40-26-32-46-42(34-40)21-20-39-12-4-5-13-45(39)46/h1-35H. The van der Waals surface area contributed by atoms with E-state index < -0.39 is 0 Å². The van der Waals surface area contributed by atoms with Gasteiger partial charge >= 0.3 is 0 Å². The summed E-state index contributed by atoms with van der Waals surface area (Å²) in [6, 6.07) is 75.6. The van der Waals surface area contributed by atoms with E-state index >= 15 is 0 Å². The van der Waals surface area contributed by atoms with Crippen molar-refractivity contribution in [3.63, 3.8) is 0 Å². The molecule has 276 valence electrons. The van der Waals surface area contributed by atoms with E-state index in [0.29, 0.717) is 0 Å². The molecule has 0 aliphatic carbocycles. The summed E-state index contributed by atoms with van der Waals surface area (Å²) in [5, 5.41) is 9.47. The van der Waals surface area contributed by atoms with Crippen molar-refractivity contribution in [3.05, 3.63) is 212 Å². The summed E-state index contributed by atoms with van der Waals surface area (Å²) in [7, 11) is 0. The SMILES string of the molecule is c1ccc(-c2cccc3c2oc2ccc(-c4ccc(N(c5ccc(-c6ccc7c(ccc8ccccc87)c6)cc5)c5cccc6c5oc5ccccc56)cc4)cc23)cc1. The number of fused-ring (bicyclic) bond motifs is 9. The summed E-state index contributed by atoms with van der Waals surface area (Å²) in [6.45, 7) is 0. The van der Waals surface area contributed by atoms with Crippen LogP contribution in [0.25, 0.3) is 98.8 Å². The Bertz CT molecular complexity index is 3540. The molecule has 3 nitrogen and oxygen atoms in total. The Balaban J connectivity index is 0.946. The molecule has 0 unspecified atom stereocenters. The van der Waals surface area contributed by atoms with Gasteiger partial charge in [-0.3, -0.25) is 0 Å². The first-order valence-electron chi connectivity index (χ1n) is 20.1. The van der Waals surface area contributed by atoms with Crippen LogP contribution in [-0.4, -0.2) is 0 Å². The lowest BCUT2D eigenvalue weighted by Crippen LogP contribution is -2.10. The molecule has 0 radical (unpaired) electrons. The van der Waals surface area contributed by atoms with Crippen molar-refractivity contribution < 1.29 is 8.83 Å². The molecule has 0 aliphatic rings. The zero-order valence-electron chi connectivity index (χ0n) is 32.0. The quantitative estimate of drug-likeness (QED) is 0.158. The Morgan fingerprint density at radius 1 is 0.288 bits per heavy atom. The van der Waals surface area contributed by atoms with Crippen molar-refractivity contribution in [1.29, 1.82) is 0 Å². The first kappa shape index (κ1) is 33.3. The van der Waals surface area contributed by atoms with Crippen molar-refractivity contribution in [3.8, 4) is 33.4 Å². The second-order valence-corrected chi connectivity index (χ2v) is 15.3. The molecule has 3 heteroatoms. The highest BCUT2D eigenvalue weighted by atomic mass is 16.3. The summed E-state index contributed by atoms with van der Waals surface area (Å²) in [4.78, 5) is 2.31. The summed E-state index contributed by atoms with van der Waals surface area (Å²) < 4.78 is 13.1. The minimum absolute atomic E-state index is 0.857. The summed E-state index contributed by atoms with van der Waals surface area (Å²) >= 11 is 0. The lowest BCUT2D eigenvalue weighted by Gasteiger charge is -2.26. The van der Waals surface area contributed by atoms with Gasteiger partial charge in [0.25, 0.3) is 0 Å². The molecule has 0 aliphatic heterocycles. The van der Waals surface area contributed by atoms with Gasteiger partial charge in [0.2, 0.25) is 0 Å². The maximum absolute atomic E-state index is 6.62. The number of nitrogens with zero attached hydrogens (tertiary/aromatic N) is 1. The average molecular weight is 754 g/mol. The molecule has 0 fully saturated rings. The van der Waals surface area contributed by atoms with E-state index in [1.165, 1.54) is 32.7 Å². The summed E-state index contributed by atoms with van der Waals surface area (Å²) in [5.74, 6) is 0. The molecule has 0 saturated heterocycles. The predicted octanol–water partition coefficient (Wildman–Crippen LogP) is 16.3. The van der Waals surface area contributed by atoms with Crippen LogP contribution >= 0.6 is 0 Å². The minimum Gasteiger partial charge on any atom is -0.455 e. The lowest BCUT2D eigenvalue weighted by molar-refractivity contribution is 0.669. The van der Waals surface area contributed by atoms with Crippen LogP contribution in [0.4, 0.5) is 17.1 Å². The molecule has 2 heterocycles. The molecular weight excluding hydrogens is 719 g/mol. The van der Waals surface area contributed by atoms with E-state index in [-0.39, 0.29) is 0 Å². The van der Waals surface area contributed by atoms with Crippen LogP contribution in [0.3, 0.4) is 0 Å². The number of furan rings is 2. The first-order valence-corrected chi connectivity index (χ1v) is 20.1. The highest BCUT2D eigenvalue weighted by molar-refractivity contribution is 6.12. The van der Waals surface area contributed by atoms with Crippen molar-refractivity contribution in [2.45, 2.75) is 0 Å². The average Bonchev–Trinajstić information content (AvgIpc) is 3.88. The Kier molecular flexibility index (Phi) is 7.54. The van der Waals surface area contributed by atoms with E-state index in [9.17, 15) is 0 Å². The van der Waals surface area contributed by atoms with Crippen LogP contribution in [-0.2, 0) is 0 Å². The molecule has 0 saturated carbocycles. The maximum Gasteiger partial charge on any atom is 0.159 e. The molecule has 0 spiro atoms. The van der Waals surface area contributed by atoms with Crippen LogP contribution in [0, 0.1) is 0 Å². The third-order valence-corrected chi connectivity index (χ3v) is 11.9. The molecule has 0 bridgehead atoms. The molecule has 59 heavy (non-hydrogen) atoms. The third kappa shape index (κ3) is 5.51. The van der Waals surface area contributed by atoms with Crippen LogP contribution in [0.1, 0.15) is 0 Å². The fourth-order valence-corrected chi connectivity index (χ4v) is 8.96. The zero-order valence-corrected chi connectivity index (χ0v) is 32.0. The second kappa shape index (κ2) is 13.4. The molecule has 10 aromatic carbocycles. The van der Waals surface area contributed by atoms with Gasteiger partial charge in [0.15, 0.2) is 5.58 Å². The van der Waals surface area contributed by atoms with Crippen molar-refractivity contribution in [2.24, 2.45) is 0 Å². The Hall–Kier alpha value is -7.88. The Morgan fingerprint density at radius 2 is 0.847 bits per heavy atom. The number of rotatable bonds is 6. The number of anilines is 3. The first-order chi connectivity index (χ1) is 29.2. The van der Waals surface area contributed by atoms with Crippen LogP contribution in [0.5, 0.6) is 0 Å². The van der Waals surface area contributed by atoms with Gasteiger partial charge in [0.1, 0.15) is 16.7 Å². The predicted molar refractivity (Wildman–Crippen MR) is 247 cm³/mol. The fraction of sp³-hybridized carbons (Fsp3) is 0. The minimum atomic E-state index is 0.857. The smallest absolute Gasteiger partial charge is 0.159 e. The van der Waals surface area contributed by atoms with Gasteiger partial charge in [-0.1, -0.05) is 158 Å². The summed E-state index contributed by atoms with van der Waals surface area (Å²) in [6.07, 6.45) is 0. The zero-order chi connectivity index (χ0) is 38.9. The van der Waals surface area contributed by atoms with E-state index in [2.05, 4.69) is 199 Å². The van der Waals surface area contributed by atoms with Crippen LogP contribution in [0.2, 0.25) is 0 Å². The summed E-state index contributed by atoms with van der Waals surface area (Å²) in [5.41, 5.74) is 13.5. The van der Waals surface area contributed by atoms with Crippen molar-refractivity contribution in [1.82, 2.24) is 0 Å². The number of hydrogen-bond acceptors (Lipinski definition) is 3. The number of para-hydroxylation sites is 3. The van der Waals surface area contributed by atoms with E-state index in [0.717, 1.165) is 83.2 Å². The van der Waals surface area contributed by atoms with Gasteiger partial charge in [0.05, 0.1) is 5.69 Å². The Labute approximate surface area is 340 Å². The van der Waals surface area contributed by atoms with E-state index in [1.807, 2.05) is 18.2 Å². The normalized spacial score (nSPS) is 11.7. The monoisotopic (exact) mass is 753 g/mol. The van der Waals surface area contributed by atoms with Crippen LogP contribution in [0.15, 0.2) is 221 Å². The fourth-order valence-electron chi connectivity index (χ4n) is 8.96. The maximum atomic E-state index is 6.62. The number of benzene rings is 10. The van der Waals surface area contributed by atoms with E-state index in [4.69, 9.17) is 8.83 Å². The topological polar surface area (TPSA) is 29.5 Å². The highest BCUT2D eigenvalue weighted by Crippen LogP contribution is 2.44. The van der Waals surface area contributed by atoms with Crippen molar-refractivity contribution in [2.75, 3.05) is 4.90 Å². The van der Waals surface area contributed by atoms with Gasteiger partial charge in [-0.15, -0.1) is 0 Å². The molecular formula is C56H35NO2. The van der Waals surface area contributed by atoms with Gasteiger partial charge < -0.3 is 13.7 Å². The number of hydrogen-bond donors (Lipinski definition) is 0. The molecule has 0 atom stereocenters. The molecule has 12 rings (SSSR count). The van der Waals surface area contributed by atoms with E-state index in [1.54, 1.807) is 0 Å². The molecule has 12 aromatic rings. The van der Waals surface area contributed by atoms with Gasteiger partial charge in [-0.25, -0.2) is 0 Å². The lowest BCUT2D eigenvalue weighted by atomic mass is 9.97. The third-order valence-electron chi connectivity index (χ3n) is 11.9. The molecule has 2 aromatic heterocycles.